The molecule has 0 saturated carbocycles. The third-order valence-electron chi connectivity index (χ3n) is 2.58. The van der Waals surface area contributed by atoms with Gasteiger partial charge in [-0.3, -0.25) is 0 Å². The number of rotatable bonds is 6. The molecule has 1 rings (SSSR count). The van der Waals surface area contributed by atoms with Crippen LogP contribution < -0.4 is 4.90 Å². The van der Waals surface area contributed by atoms with Crippen LogP contribution in [0.2, 0.25) is 0 Å². The van der Waals surface area contributed by atoms with Crippen molar-refractivity contribution >= 4 is 32.1 Å². The van der Waals surface area contributed by atoms with Crippen LogP contribution >= 0.6 is 15.9 Å². The van der Waals surface area contributed by atoms with Gasteiger partial charge in [0.15, 0.2) is 0 Å². The van der Waals surface area contributed by atoms with Crippen LogP contribution in [-0.4, -0.2) is 31.2 Å². The fourth-order valence-electron chi connectivity index (χ4n) is 1.55. The largest absolute Gasteiger partial charge is 0.428 e. The third kappa shape index (κ3) is 4.27. The number of anilines is 1. The molecule has 1 atom stereocenters. The number of halogens is 1. The Bertz CT molecular complexity index is 302. The van der Waals surface area contributed by atoms with Crippen LogP contribution in [0.1, 0.15) is 23.2 Å². The summed E-state index contributed by atoms with van der Waals surface area (Å²) in [6.45, 7) is 0.893. The second-order valence-electron chi connectivity index (χ2n) is 4.09. The van der Waals surface area contributed by atoms with E-state index in [0.29, 0.717) is 4.83 Å². The standard InChI is InChI=1S/C12H20BrNOSi/c1-14(2)11-7-5-10(6-8-11)12(13)4-3-9-15-16/h5-8,12H,3-4,9H2,1-2,16H3. The highest BCUT2D eigenvalue weighted by Crippen LogP contribution is 2.28. The predicted molar refractivity (Wildman–Crippen MR) is 77.6 cm³/mol. The molecule has 0 aromatic heterocycles. The lowest BCUT2D eigenvalue weighted by Gasteiger charge is -2.14. The van der Waals surface area contributed by atoms with Gasteiger partial charge in [-0.1, -0.05) is 28.1 Å². The zero-order valence-corrected chi connectivity index (χ0v) is 13.8. The van der Waals surface area contributed by atoms with E-state index in [9.17, 15) is 0 Å². The van der Waals surface area contributed by atoms with Crippen LogP contribution in [0.3, 0.4) is 0 Å². The molecule has 90 valence electrons. The Hall–Kier alpha value is -0.323. The quantitative estimate of drug-likeness (QED) is 0.454. The number of nitrogens with zero attached hydrogens (tertiary/aromatic N) is 1. The molecular formula is C12H20BrNOSi. The topological polar surface area (TPSA) is 12.5 Å². The van der Waals surface area contributed by atoms with E-state index in [1.807, 2.05) is 0 Å². The van der Waals surface area contributed by atoms with E-state index in [4.69, 9.17) is 4.43 Å². The molecule has 0 aliphatic carbocycles. The molecular weight excluding hydrogens is 282 g/mol. The van der Waals surface area contributed by atoms with Crippen LogP contribution in [-0.2, 0) is 4.43 Å². The van der Waals surface area contributed by atoms with E-state index in [2.05, 4.69) is 59.2 Å². The Kier molecular flexibility index (Phi) is 6.09. The maximum Gasteiger partial charge on any atom is 0.145 e. The smallest absolute Gasteiger partial charge is 0.145 e. The molecule has 0 N–H and O–H groups in total. The Morgan fingerprint density at radius 3 is 2.44 bits per heavy atom. The summed E-state index contributed by atoms with van der Waals surface area (Å²) in [5, 5.41) is 0. The first-order chi connectivity index (χ1) is 7.65. The maximum atomic E-state index is 5.19. The Labute approximate surface area is 110 Å². The summed E-state index contributed by atoms with van der Waals surface area (Å²) in [6.07, 6.45) is 2.25. The molecule has 0 amide bonds. The van der Waals surface area contributed by atoms with E-state index < -0.39 is 0 Å². The van der Waals surface area contributed by atoms with Crippen LogP contribution in [0.25, 0.3) is 0 Å². The Morgan fingerprint density at radius 1 is 1.31 bits per heavy atom. The summed E-state index contributed by atoms with van der Waals surface area (Å²) in [5.74, 6) is 0. The molecule has 4 heteroatoms. The summed E-state index contributed by atoms with van der Waals surface area (Å²) in [7, 11) is 4.96. The fraction of sp³-hybridized carbons (Fsp3) is 0.500. The summed E-state index contributed by atoms with van der Waals surface area (Å²) in [5.41, 5.74) is 2.59. The molecule has 0 heterocycles. The molecule has 1 aromatic rings. The molecule has 0 bridgehead atoms. The van der Waals surface area contributed by atoms with E-state index in [1.54, 1.807) is 0 Å². The van der Waals surface area contributed by atoms with Crippen molar-refractivity contribution in [1.82, 2.24) is 0 Å². The van der Waals surface area contributed by atoms with Gasteiger partial charge in [0.05, 0.1) is 0 Å². The molecule has 0 aliphatic heterocycles. The average molecular weight is 302 g/mol. The number of hydrogen-bond acceptors (Lipinski definition) is 2. The van der Waals surface area contributed by atoms with Crippen LogP contribution in [0.5, 0.6) is 0 Å². The average Bonchev–Trinajstić information content (AvgIpc) is 2.29. The molecule has 1 aromatic carbocycles. The first-order valence-electron chi connectivity index (χ1n) is 5.55. The van der Waals surface area contributed by atoms with Crippen LogP contribution in [0.15, 0.2) is 24.3 Å². The highest BCUT2D eigenvalue weighted by atomic mass is 79.9. The highest BCUT2D eigenvalue weighted by Gasteiger charge is 2.07. The van der Waals surface area contributed by atoms with Gasteiger partial charge >= 0.3 is 0 Å². The molecule has 16 heavy (non-hydrogen) atoms. The van der Waals surface area contributed by atoms with Gasteiger partial charge in [0, 0.05) is 31.2 Å². The van der Waals surface area contributed by atoms with E-state index in [-0.39, 0.29) is 0 Å². The van der Waals surface area contributed by atoms with Crippen molar-refractivity contribution in [3.05, 3.63) is 29.8 Å². The first kappa shape index (κ1) is 13.7. The van der Waals surface area contributed by atoms with Crippen molar-refractivity contribution < 1.29 is 4.43 Å². The summed E-state index contributed by atoms with van der Waals surface area (Å²) >= 11 is 3.72. The summed E-state index contributed by atoms with van der Waals surface area (Å²) in [6, 6.07) is 8.70. The normalized spacial score (nSPS) is 12.7. The molecule has 0 aliphatic rings. The van der Waals surface area contributed by atoms with Crippen molar-refractivity contribution in [2.45, 2.75) is 17.7 Å². The van der Waals surface area contributed by atoms with Crippen molar-refractivity contribution in [3.8, 4) is 0 Å². The van der Waals surface area contributed by atoms with Gasteiger partial charge < -0.3 is 9.33 Å². The number of benzene rings is 1. The summed E-state index contributed by atoms with van der Waals surface area (Å²) in [4.78, 5) is 2.56. The zero-order valence-electron chi connectivity index (χ0n) is 10.2. The Balaban J connectivity index is 2.52. The highest BCUT2D eigenvalue weighted by molar-refractivity contribution is 9.09. The summed E-state index contributed by atoms with van der Waals surface area (Å²) < 4.78 is 5.19. The van der Waals surface area contributed by atoms with Crippen molar-refractivity contribution in [2.24, 2.45) is 0 Å². The number of hydrogen-bond donors (Lipinski definition) is 0. The number of alkyl halides is 1. The lowest BCUT2D eigenvalue weighted by molar-refractivity contribution is 0.336. The fourth-order valence-corrected chi connectivity index (χ4v) is 2.47. The van der Waals surface area contributed by atoms with Gasteiger partial charge in [-0.05, 0) is 30.5 Å². The predicted octanol–water partition coefficient (Wildman–Crippen LogP) is 2.27. The molecule has 1 unspecified atom stereocenters. The molecule has 0 saturated heterocycles. The van der Waals surface area contributed by atoms with Crippen LogP contribution in [0.4, 0.5) is 5.69 Å². The molecule has 0 radical (unpaired) electrons. The monoisotopic (exact) mass is 301 g/mol. The van der Waals surface area contributed by atoms with Crippen LogP contribution in [0, 0.1) is 0 Å². The Morgan fingerprint density at radius 2 is 1.94 bits per heavy atom. The van der Waals surface area contributed by atoms with Gasteiger partial charge in [0.2, 0.25) is 0 Å². The third-order valence-corrected chi connectivity index (χ3v) is 3.97. The van der Waals surface area contributed by atoms with Gasteiger partial charge in [0.25, 0.3) is 0 Å². The minimum Gasteiger partial charge on any atom is -0.428 e. The van der Waals surface area contributed by atoms with E-state index in [0.717, 1.165) is 29.9 Å². The van der Waals surface area contributed by atoms with Crippen molar-refractivity contribution in [1.29, 1.82) is 0 Å². The lowest BCUT2D eigenvalue weighted by Crippen LogP contribution is -2.08. The first-order valence-corrected chi connectivity index (χ1v) is 7.28. The second kappa shape index (κ2) is 7.09. The zero-order chi connectivity index (χ0) is 12.0. The van der Waals surface area contributed by atoms with Gasteiger partial charge in [-0.15, -0.1) is 0 Å². The maximum absolute atomic E-state index is 5.19. The van der Waals surface area contributed by atoms with Crippen molar-refractivity contribution in [2.75, 3.05) is 25.6 Å². The van der Waals surface area contributed by atoms with Gasteiger partial charge in [-0.2, -0.15) is 0 Å². The SMILES string of the molecule is CN(C)c1ccc(C(Br)CCCO[SiH3])cc1. The second-order valence-corrected chi connectivity index (χ2v) is 5.77. The van der Waals surface area contributed by atoms with E-state index in [1.165, 1.54) is 11.3 Å². The molecule has 2 nitrogen and oxygen atoms in total. The van der Waals surface area contributed by atoms with E-state index >= 15 is 0 Å². The lowest BCUT2D eigenvalue weighted by atomic mass is 10.1. The molecule has 0 fully saturated rings. The molecule has 0 spiro atoms. The minimum absolute atomic E-state index is 0.445. The van der Waals surface area contributed by atoms with Crippen molar-refractivity contribution in [3.63, 3.8) is 0 Å². The van der Waals surface area contributed by atoms with Gasteiger partial charge in [0.1, 0.15) is 10.5 Å². The minimum atomic E-state index is 0.445. The van der Waals surface area contributed by atoms with Gasteiger partial charge in [-0.25, -0.2) is 0 Å².